The molecule has 0 bridgehead atoms. The van der Waals surface area contributed by atoms with Crippen LogP contribution in [0.1, 0.15) is 246 Å². The zero-order valence-electron chi connectivity index (χ0n) is 88.6. The third-order valence-electron chi connectivity index (χ3n) is 29.3. The molecule has 15 rings (SSSR count). The number of amides is 3. The van der Waals surface area contributed by atoms with Gasteiger partial charge in [-0.2, -0.15) is 0 Å². The Morgan fingerprint density at radius 2 is 0.637 bits per heavy atom. The van der Waals surface area contributed by atoms with Crippen molar-refractivity contribution in [1.29, 1.82) is 0 Å². The van der Waals surface area contributed by atoms with Crippen LogP contribution in [0.4, 0.5) is 22.3 Å². The fourth-order valence-electron chi connectivity index (χ4n) is 19.2. The Bertz CT molecular complexity index is 5810. The smallest absolute Gasteiger partial charge is 1.00 e. The molecule has 28 heteroatoms. The van der Waals surface area contributed by atoms with Gasteiger partial charge in [-0.25, -0.2) is 27.3 Å². The maximum Gasteiger partial charge on any atom is 1.00 e. The van der Waals surface area contributed by atoms with E-state index in [2.05, 4.69) is 121 Å². The van der Waals surface area contributed by atoms with Crippen molar-refractivity contribution in [2.75, 3.05) is 28.3 Å². The summed E-state index contributed by atoms with van der Waals surface area (Å²) in [6.45, 7) is 33.3. The molecule has 0 spiro atoms. The van der Waals surface area contributed by atoms with Crippen LogP contribution in [0, 0.1) is 70.6 Å². The number of carbonyl (C=O) groups excluding carboxylic acids is 3. The Kier molecular flexibility index (Phi) is 46.4. The largest absolute Gasteiger partial charge is 1.00 e. The minimum Gasteiger partial charge on any atom is -1.00 e. The molecule has 3 amide bonds. The molecule has 4 aliphatic carbocycles. The first-order valence-corrected chi connectivity index (χ1v) is 60.3. The van der Waals surface area contributed by atoms with Crippen molar-refractivity contribution in [2.45, 2.75) is 251 Å². The molecule has 11 aromatic rings. The van der Waals surface area contributed by atoms with E-state index in [1.165, 1.54) is 70.8 Å². The predicted molar refractivity (Wildman–Crippen MR) is 572 cm³/mol. The number of nitrogens with one attached hydrogen (secondary N) is 2. The number of aromatic carboxylic acids is 1. The first-order chi connectivity index (χ1) is 67.6. The summed E-state index contributed by atoms with van der Waals surface area (Å²) in [5.74, 6) is 1.73. The second kappa shape index (κ2) is 55.8. The van der Waals surface area contributed by atoms with E-state index in [0.717, 1.165) is 142 Å². The number of rotatable bonds is 31. The van der Waals surface area contributed by atoms with E-state index in [9.17, 15) is 56.5 Å². The quantitative estimate of drug-likeness (QED) is 0.0154. The van der Waals surface area contributed by atoms with E-state index in [4.69, 9.17) is 18.7 Å². The van der Waals surface area contributed by atoms with E-state index < -0.39 is 42.9 Å². The van der Waals surface area contributed by atoms with Gasteiger partial charge in [-0.3, -0.25) is 28.7 Å². The third-order valence-corrected chi connectivity index (χ3v) is 38.2. The Morgan fingerprint density at radius 3 is 0.890 bits per heavy atom. The standard InChI is InChI=1S/C34H45FN2O3Si.2C27H29FN2O3.C26H35FO3Si.C4H12Si.FH.HI.Na/c1-34(2,3)41(6,7)40-32(27-15-17-30(35)18-16-27)29-14-10-25(21-29)20-24-8-12-28(13-9-24)33(38)37(4)23-26-11-19-31(39-5)36-22-26;2*1-30(17-20-5-13-25(31)29-16-20)27(33)22-6-2-18(3-7-22)14-19-4-8-23(15-19)26(32)21-9-11-24(28)12-10-21;1-26(2,3)31(4,5)30-24(20-12-14-23(27)15-13-20)22-11-8-19(17-22)16-18-6-9-21(10-7-18)25(28)29;1-5(2,3)4;;;/h8-9,11-13,15-19,22,25,29,32H,10,14,20-21,23H2,1-7H3;2*2-3,5-7,9-13,16,19,23,26,32H,4,8,14-15,17H2,1H3,(H,29,31);6-7,9-10,12-15,19,22,24H,8,11,16-17H2,1-5H3,(H,28,29);1-4H3;2*1H;/q;;;;;;;+1/p-1/t25?,29-,32+;19?,23-,26+;19-,23-,26+;19?,22-,24+;;;;/m0000..../s1. The Morgan fingerprint density at radius 1 is 0.384 bits per heavy atom. The van der Waals surface area contributed by atoms with E-state index in [-0.39, 0.29) is 144 Å². The van der Waals surface area contributed by atoms with Crippen LogP contribution >= 0.6 is 0 Å². The Balaban J connectivity index is 0.000000233. The van der Waals surface area contributed by atoms with Gasteiger partial charge in [0.1, 0.15) is 23.3 Å². The summed E-state index contributed by atoms with van der Waals surface area (Å²) < 4.78 is 72.6. The number of carboxylic acid groups (broad SMARTS) is 1. The number of ether oxygens (including phenoxy) is 1. The Hall–Kier alpha value is -9.64. The molecule has 3 unspecified atom stereocenters. The average Bonchev–Trinajstić information content (AvgIpc) is 1.49. The van der Waals surface area contributed by atoms with Gasteiger partial charge in [0.2, 0.25) is 17.0 Å². The first-order valence-electron chi connectivity index (χ1n) is 50.5. The number of carbonyl (C=O) groups is 4. The van der Waals surface area contributed by atoms with Crippen molar-refractivity contribution in [3.63, 3.8) is 0 Å². The summed E-state index contributed by atoms with van der Waals surface area (Å²) in [6, 6.07) is 66.8. The number of carboxylic acids is 1. The fourth-order valence-corrected chi connectivity index (χ4v) is 21.9. The summed E-state index contributed by atoms with van der Waals surface area (Å²) in [5, 5.41) is 30.7. The number of nitrogens with zero attached hydrogens (tertiary/aromatic N) is 4. The molecule has 5 N–H and O–H groups in total. The molecule has 146 heavy (non-hydrogen) atoms. The van der Waals surface area contributed by atoms with Crippen molar-refractivity contribution in [3.05, 3.63) is 377 Å². The second-order valence-electron chi connectivity index (χ2n) is 44.7. The van der Waals surface area contributed by atoms with Crippen molar-refractivity contribution < 1.29 is 124 Å². The monoisotopic (exact) mass is 2170 g/mol. The van der Waals surface area contributed by atoms with Crippen LogP contribution in [0.3, 0.4) is 0 Å². The number of halogens is 6. The first kappa shape index (κ1) is 122. The summed E-state index contributed by atoms with van der Waals surface area (Å²) >= 11 is 0. The normalized spacial score (nSPS) is 18.4. The van der Waals surface area contributed by atoms with E-state index in [1.54, 1.807) is 121 Å². The number of benzene rings is 8. The van der Waals surface area contributed by atoms with Gasteiger partial charge in [0.15, 0.2) is 16.6 Å². The van der Waals surface area contributed by atoms with Gasteiger partial charge in [-0.15, -0.1) is 0 Å². The molecule has 3 aromatic heterocycles. The zero-order valence-corrected chi connectivity index (χ0v) is 95.8. The summed E-state index contributed by atoms with van der Waals surface area (Å²) in [6.07, 6.45) is 20.1. The number of H-pyrrole nitrogens is 2. The van der Waals surface area contributed by atoms with Crippen LogP contribution in [-0.4, -0.2) is 122 Å². The summed E-state index contributed by atoms with van der Waals surface area (Å²) in [7, 11) is 2.25. The van der Waals surface area contributed by atoms with Crippen molar-refractivity contribution in [1.82, 2.24) is 29.7 Å². The molecule has 4 fully saturated rings. The van der Waals surface area contributed by atoms with Gasteiger partial charge >= 0.3 is 35.5 Å². The maximum absolute atomic E-state index is 13.7. The zero-order chi connectivity index (χ0) is 104. The number of hydrogen-bond donors (Lipinski definition) is 5. The molecule has 3 heterocycles. The van der Waals surface area contributed by atoms with E-state index >= 15 is 0 Å². The molecule has 4 saturated carbocycles. The molecule has 4 aliphatic rings. The van der Waals surface area contributed by atoms with E-state index in [1.807, 2.05) is 110 Å². The molecular weight excluding hydrogens is 2020 g/mol. The van der Waals surface area contributed by atoms with Gasteiger partial charge in [0.25, 0.3) is 17.7 Å². The molecule has 0 aliphatic heterocycles. The number of aliphatic hydroxyl groups is 2. The molecule has 780 valence electrons. The number of methoxy groups -OCH3 is 1. The van der Waals surface area contributed by atoms with Crippen LogP contribution in [0.5, 0.6) is 5.88 Å². The molecule has 18 nitrogen and oxygen atoms in total. The minimum absolute atomic E-state index is 0. The molecule has 0 radical (unpaired) electrons. The number of aliphatic hydroxyl groups excluding tert-OH is 2. The SMILES string of the molecule is CC(C)(C)[Si](C)(C)O[C@H](c1ccc(F)cc1)[C@H]1CCC(Cc2ccc(C(=O)O)cc2)C1.CN(Cc1ccc(=O)[nH]c1)C(=O)c1ccc(CC2CC[C@H]([C@H](O)c3ccc(F)cc3)C2)cc1.CN(Cc1ccc(=O)[nH]c1)C(=O)c1ccc(C[C@@H]2CC[C@H]([C@H](O)c3ccc(F)cc3)C2)cc1.COc1ccc(CN(C)C(=O)c2ccc(CC3CC[C@H]([C@H](O[Si](C)(C)C(C)(C)C)c4ccc(F)cc4)C3)cc2)cn1.C[Si](C)(C)C.F.[I-].[Na+]. The van der Waals surface area contributed by atoms with Gasteiger partial charge in [0.05, 0.1) is 37.1 Å². The number of aromatic amines is 2. The Labute approximate surface area is 903 Å². The van der Waals surface area contributed by atoms with Crippen LogP contribution in [-0.2, 0) is 54.2 Å². The molecule has 0 saturated heterocycles. The van der Waals surface area contributed by atoms with E-state index in [0.29, 0.717) is 83.3 Å². The third kappa shape index (κ3) is 36.9. The fraction of sp³-hybridized carbons (Fsp3) is 0.432. The van der Waals surface area contributed by atoms with Gasteiger partial charge in [-0.05, 0) is 345 Å². The molecule has 8 aromatic carbocycles. The minimum atomic E-state index is -2.02. The van der Waals surface area contributed by atoms with Crippen LogP contribution in [0.2, 0.25) is 62.5 Å². The second-order valence-corrected chi connectivity index (χ2v) is 60.2. The average molecular weight is 2170 g/mol. The van der Waals surface area contributed by atoms with Crippen molar-refractivity contribution >= 4 is 48.4 Å². The van der Waals surface area contributed by atoms with Crippen LogP contribution < -0.4 is 69.4 Å². The molecule has 12 atom stereocenters. The van der Waals surface area contributed by atoms with Crippen molar-refractivity contribution in [2.24, 2.45) is 47.3 Å². The topological polar surface area (TPSA) is 245 Å². The van der Waals surface area contributed by atoms with Gasteiger partial charge in [0, 0.05) is 102 Å². The van der Waals surface area contributed by atoms with Gasteiger partial charge in [-0.1, -0.05) is 183 Å². The molecular formula is C118H151F5IN6NaO12Si3. The number of pyridine rings is 3. The predicted octanol–water partition coefficient (Wildman–Crippen LogP) is 20.5. The summed E-state index contributed by atoms with van der Waals surface area (Å²) in [5.41, 5.74) is 13.1. The van der Waals surface area contributed by atoms with Crippen molar-refractivity contribution in [3.8, 4) is 5.88 Å². The van der Waals surface area contributed by atoms with Gasteiger partial charge < -0.3 is 77.6 Å². The number of hydrogen-bond acceptors (Lipinski definition) is 12. The maximum atomic E-state index is 13.7. The van der Waals surface area contributed by atoms with Crippen LogP contribution in [0.15, 0.2) is 259 Å². The summed E-state index contributed by atoms with van der Waals surface area (Å²) in [4.78, 5) is 86.4. The number of aromatic nitrogens is 3. The van der Waals surface area contributed by atoms with Crippen LogP contribution in [0.25, 0.3) is 0 Å².